The summed E-state index contributed by atoms with van der Waals surface area (Å²) in [6.07, 6.45) is 0. The predicted molar refractivity (Wildman–Crippen MR) is 184 cm³/mol. The zero-order valence-corrected chi connectivity index (χ0v) is 24.8. The van der Waals surface area contributed by atoms with Crippen molar-refractivity contribution in [1.82, 2.24) is 27.9 Å². The molecule has 0 fully saturated rings. The maximum absolute atomic E-state index is 10.1. The Labute approximate surface area is 267 Å². The van der Waals surface area contributed by atoms with E-state index in [0.29, 0.717) is 17.1 Å². The molecule has 0 radical (unpaired) electrons. The maximum atomic E-state index is 10.1. The second-order valence-electron chi connectivity index (χ2n) is 11.5. The number of ether oxygens (including phenoxy) is 1. The van der Waals surface area contributed by atoms with Gasteiger partial charge in [-0.1, -0.05) is 54.6 Å². The van der Waals surface area contributed by atoms with E-state index in [0.717, 1.165) is 67.1 Å². The Hall–Kier alpha value is -6.85. The molecule has 0 spiro atoms. The summed E-state index contributed by atoms with van der Waals surface area (Å²) in [5.41, 5.74) is 10.3. The number of para-hydroxylation sites is 8. The summed E-state index contributed by atoms with van der Waals surface area (Å²) in [5, 5.41) is 10.1. The lowest BCUT2D eigenvalue weighted by Gasteiger charge is -2.12. The molecule has 220 valence electrons. The molecule has 6 aromatic carbocycles. The lowest BCUT2D eigenvalue weighted by atomic mass is 10.2. The van der Waals surface area contributed by atoms with E-state index in [1.165, 1.54) is 0 Å². The van der Waals surface area contributed by atoms with Gasteiger partial charge in [-0.25, -0.2) is 9.97 Å². The zero-order chi connectivity index (χ0) is 31.1. The first-order valence-electron chi connectivity index (χ1n) is 15.3. The van der Waals surface area contributed by atoms with E-state index in [1.807, 2.05) is 91.0 Å². The van der Waals surface area contributed by atoms with Gasteiger partial charge in [0.2, 0.25) is 11.6 Å². The Bertz CT molecular complexity index is 2910. The number of fused-ring (bicyclic) bond motifs is 10. The highest BCUT2D eigenvalue weighted by Crippen LogP contribution is 2.34. The molecule has 0 aliphatic heterocycles. The van der Waals surface area contributed by atoms with Crippen LogP contribution in [-0.2, 0) is 0 Å². The zero-order valence-electron chi connectivity index (χ0n) is 24.8. The van der Waals surface area contributed by atoms with Crippen molar-refractivity contribution in [3.8, 4) is 28.9 Å². The van der Waals surface area contributed by atoms with Crippen molar-refractivity contribution in [2.24, 2.45) is 0 Å². The average Bonchev–Trinajstić information content (AvgIpc) is 3.84. The van der Waals surface area contributed by atoms with Gasteiger partial charge in [-0.2, -0.15) is 5.26 Å². The maximum Gasteiger partial charge on any atom is 0.220 e. The largest absolute Gasteiger partial charge is 0.457 e. The summed E-state index contributed by atoms with van der Waals surface area (Å²) in [5.74, 6) is 2.79. The third kappa shape index (κ3) is 3.68. The fraction of sp³-hybridized carbons (Fsp3) is 0. The molecule has 0 amide bonds. The first-order chi connectivity index (χ1) is 23.2. The molecule has 47 heavy (non-hydrogen) atoms. The number of nitrogens with zero attached hydrogens (tertiary/aromatic N) is 7. The van der Waals surface area contributed by atoms with Crippen LogP contribution in [0.2, 0.25) is 0 Å². The van der Waals surface area contributed by atoms with Crippen LogP contribution in [0.3, 0.4) is 0 Å². The highest BCUT2D eigenvalue weighted by atomic mass is 16.5. The predicted octanol–water partition coefficient (Wildman–Crippen LogP) is 8.84. The van der Waals surface area contributed by atoms with E-state index < -0.39 is 0 Å². The number of imidazole rings is 4. The van der Waals surface area contributed by atoms with Gasteiger partial charge in [0.1, 0.15) is 11.5 Å². The Morgan fingerprint density at radius 3 is 1.57 bits per heavy atom. The molecular weight excluding hydrogens is 582 g/mol. The molecule has 0 N–H and O–H groups in total. The molecule has 0 bridgehead atoms. The molecule has 4 heterocycles. The fourth-order valence-electron chi connectivity index (χ4n) is 6.87. The topological polar surface area (TPSA) is 77.5 Å². The molecule has 0 saturated carbocycles. The van der Waals surface area contributed by atoms with Crippen molar-refractivity contribution < 1.29 is 4.74 Å². The molecule has 0 aliphatic carbocycles. The summed E-state index contributed by atoms with van der Waals surface area (Å²) in [7, 11) is 0. The van der Waals surface area contributed by atoms with Crippen molar-refractivity contribution in [3.05, 3.63) is 145 Å². The number of hydrogen-bond acceptors (Lipinski definition) is 4. The minimum atomic E-state index is 0.489. The van der Waals surface area contributed by atoms with Gasteiger partial charge >= 0.3 is 0 Å². The second kappa shape index (κ2) is 9.57. The first-order valence-corrected chi connectivity index (χ1v) is 15.3. The summed E-state index contributed by atoms with van der Waals surface area (Å²) >= 11 is 0. The van der Waals surface area contributed by atoms with Crippen LogP contribution in [0.5, 0.6) is 11.5 Å². The minimum Gasteiger partial charge on any atom is -0.457 e. The van der Waals surface area contributed by atoms with Crippen molar-refractivity contribution in [2.45, 2.75) is 0 Å². The van der Waals surface area contributed by atoms with Gasteiger partial charge in [-0.15, -0.1) is 0 Å². The van der Waals surface area contributed by atoms with Crippen LogP contribution < -0.4 is 4.74 Å². The molecule has 8 heteroatoms. The number of hydrogen-bond donors (Lipinski definition) is 0. The van der Waals surface area contributed by atoms with Crippen molar-refractivity contribution >= 4 is 55.7 Å². The van der Waals surface area contributed by atoms with Gasteiger partial charge in [0.05, 0.1) is 67.1 Å². The van der Waals surface area contributed by atoms with Crippen LogP contribution in [0, 0.1) is 11.3 Å². The summed E-state index contributed by atoms with van der Waals surface area (Å²) in [6, 6.07) is 48.7. The second-order valence-corrected chi connectivity index (χ2v) is 11.5. The molecule has 10 rings (SSSR count). The average molecular weight is 606 g/mol. The molecule has 0 saturated heterocycles. The highest BCUT2D eigenvalue weighted by molar-refractivity contribution is 5.93. The third-order valence-corrected chi connectivity index (χ3v) is 8.80. The molecular formula is C39H23N7O. The minimum absolute atomic E-state index is 0.489. The Morgan fingerprint density at radius 1 is 0.468 bits per heavy atom. The number of aromatic nitrogens is 6. The van der Waals surface area contributed by atoms with E-state index in [9.17, 15) is 5.26 Å². The third-order valence-electron chi connectivity index (χ3n) is 8.80. The number of nitriles is 1. The van der Waals surface area contributed by atoms with Gasteiger partial charge < -0.3 is 4.74 Å². The van der Waals surface area contributed by atoms with Crippen LogP contribution in [0.4, 0.5) is 0 Å². The molecule has 0 atom stereocenters. The first kappa shape index (κ1) is 25.5. The van der Waals surface area contributed by atoms with Crippen LogP contribution >= 0.6 is 0 Å². The number of benzene rings is 6. The van der Waals surface area contributed by atoms with Gasteiger partial charge in [-0.05, 0) is 72.8 Å². The Morgan fingerprint density at radius 2 is 0.979 bits per heavy atom. The lowest BCUT2D eigenvalue weighted by molar-refractivity contribution is 0.482. The molecule has 4 aromatic heterocycles. The Balaban J connectivity index is 1.12. The quantitative estimate of drug-likeness (QED) is 0.201. The standard InChI is InChI=1S/C39H23N7O/c40-24-25-20-27(44-35-17-6-8-19-37(35)46-33-15-4-2-13-31(33)42-39(44)46)23-29(21-25)47-28-11-9-10-26(22-28)43-34-16-5-7-18-36(34)45-32-14-3-1-12-30(32)41-38(43)45/h1-23H. The van der Waals surface area contributed by atoms with E-state index in [-0.39, 0.29) is 0 Å². The SMILES string of the molecule is N#Cc1cc(Oc2cccc(-n3c4ccccc4n4c5ccccc5nc34)c2)cc(-n2c3ccccc3n3c4ccccc4nc23)c1. The smallest absolute Gasteiger partial charge is 0.220 e. The van der Waals surface area contributed by atoms with Gasteiger partial charge in [0, 0.05) is 12.1 Å². The van der Waals surface area contributed by atoms with Crippen molar-refractivity contribution in [2.75, 3.05) is 0 Å². The lowest BCUT2D eigenvalue weighted by Crippen LogP contribution is -1.98. The summed E-state index contributed by atoms with van der Waals surface area (Å²) in [4.78, 5) is 10.0. The number of rotatable bonds is 4. The molecule has 0 unspecified atom stereocenters. The van der Waals surface area contributed by atoms with Crippen LogP contribution in [0.25, 0.3) is 67.1 Å². The monoisotopic (exact) mass is 605 g/mol. The van der Waals surface area contributed by atoms with Gasteiger partial charge in [-0.3, -0.25) is 17.9 Å². The molecule has 8 nitrogen and oxygen atoms in total. The van der Waals surface area contributed by atoms with Crippen LogP contribution in [-0.4, -0.2) is 27.9 Å². The Kier molecular flexibility index (Phi) is 5.19. The van der Waals surface area contributed by atoms with Crippen LogP contribution in [0.1, 0.15) is 5.56 Å². The molecule has 0 aliphatic rings. The molecule has 10 aromatic rings. The van der Waals surface area contributed by atoms with Gasteiger partial charge in [0.15, 0.2) is 0 Å². The van der Waals surface area contributed by atoms with Gasteiger partial charge in [0.25, 0.3) is 0 Å². The summed E-state index contributed by atoms with van der Waals surface area (Å²) < 4.78 is 15.1. The summed E-state index contributed by atoms with van der Waals surface area (Å²) in [6.45, 7) is 0. The van der Waals surface area contributed by atoms with E-state index in [1.54, 1.807) is 6.07 Å². The van der Waals surface area contributed by atoms with Crippen LogP contribution in [0.15, 0.2) is 140 Å². The fourth-order valence-corrected chi connectivity index (χ4v) is 6.87. The highest BCUT2D eigenvalue weighted by Gasteiger charge is 2.19. The van der Waals surface area contributed by atoms with E-state index in [2.05, 4.69) is 66.5 Å². The van der Waals surface area contributed by atoms with Crippen molar-refractivity contribution in [1.29, 1.82) is 5.26 Å². The van der Waals surface area contributed by atoms with E-state index >= 15 is 0 Å². The normalized spacial score (nSPS) is 11.8. The van der Waals surface area contributed by atoms with Crippen molar-refractivity contribution in [3.63, 3.8) is 0 Å². The van der Waals surface area contributed by atoms with E-state index in [4.69, 9.17) is 14.7 Å².